The molecule has 0 saturated carbocycles. The summed E-state index contributed by atoms with van der Waals surface area (Å²) in [5, 5.41) is 0.519. The summed E-state index contributed by atoms with van der Waals surface area (Å²) in [6.45, 7) is 6.80. The average molecular weight is 446 g/mol. The molecule has 0 aliphatic heterocycles. The zero-order chi connectivity index (χ0) is 23.4. The Balaban J connectivity index is 1.91. The summed E-state index contributed by atoms with van der Waals surface area (Å²) in [6, 6.07) is 17.5. The van der Waals surface area contributed by atoms with Gasteiger partial charge in [-0.1, -0.05) is 19.1 Å². The molecular weight excluding hydrogens is 418 g/mol. The van der Waals surface area contributed by atoms with Crippen LogP contribution in [0.15, 0.2) is 76.1 Å². The first-order chi connectivity index (χ1) is 16.1. The number of furan rings is 1. The Hall–Kier alpha value is -3.87. The fourth-order valence-electron chi connectivity index (χ4n) is 4.07. The van der Waals surface area contributed by atoms with Gasteiger partial charge in [-0.05, 0) is 68.8 Å². The molecule has 0 spiro atoms. The summed E-state index contributed by atoms with van der Waals surface area (Å²) in [5.41, 5.74) is 1.08. The molecule has 1 unspecified atom stereocenters. The van der Waals surface area contributed by atoms with Gasteiger partial charge in [-0.25, -0.2) is 4.98 Å². The van der Waals surface area contributed by atoms with Crippen LogP contribution in [0.1, 0.15) is 49.6 Å². The third kappa shape index (κ3) is 4.26. The van der Waals surface area contributed by atoms with Crippen LogP contribution in [-0.4, -0.2) is 33.5 Å². The number of amides is 1. The van der Waals surface area contributed by atoms with Crippen molar-refractivity contribution in [2.24, 2.45) is 0 Å². The predicted molar refractivity (Wildman–Crippen MR) is 127 cm³/mol. The largest absolute Gasteiger partial charge is 0.494 e. The summed E-state index contributed by atoms with van der Waals surface area (Å²) in [7, 11) is 0. The Morgan fingerprint density at radius 1 is 1.06 bits per heavy atom. The van der Waals surface area contributed by atoms with Gasteiger partial charge in [0.05, 0.1) is 35.5 Å². The zero-order valence-electron chi connectivity index (χ0n) is 19.0. The van der Waals surface area contributed by atoms with Gasteiger partial charge < -0.3 is 14.1 Å². The van der Waals surface area contributed by atoms with Crippen molar-refractivity contribution in [2.75, 3.05) is 13.2 Å². The number of para-hydroxylation sites is 1. The van der Waals surface area contributed by atoms with Gasteiger partial charge in [-0.15, -0.1) is 0 Å². The van der Waals surface area contributed by atoms with E-state index in [0.717, 1.165) is 5.75 Å². The summed E-state index contributed by atoms with van der Waals surface area (Å²) in [4.78, 5) is 33.5. The lowest BCUT2D eigenvalue weighted by Crippen LogP contribution is -2.38. The van der Waals surface area contributed by atoms with E-state index < -0.39 is 6.04 Å². The molecule has 0 aliphatic rings. The maximum Gasteiger partial charge on any atom is 0.290 e. The molecule has 0 radical (unpaired) electrons. The third-order valence-corrected chi connectivity index (χ3v) is 5.60. The average Bonchev–Trinajstić information content (AvgIpc) is 3.38. The van der Waals surface area contributed by atoms with Crippen LogP contribution in [0, 0.1) is 0 Å². The molecule has 4 rings (SSSR count). The maximum atomic E-state index is 13.7. The molecule has 2 aromatic heterocycles. The van der Waals surface area contributed by atoms with Gasteiger partial charge in [-0.3, -0.25) is 14.2 Å². The highest BCUT2D eigenvalue weighted by Gasteiger charge is 2.29. The summed E-state index contributed by atoms with van der Waals surface area (Å²) < 4.78 is 12.5. The van der Waals surface area contributed by atoms with E-state index in [4.69, 9.17) is 14.1 Å². The SMILES string of the molecule is CCOc1ccc(-n2c(C(CC)N(CC)C(=O)c3ccco3)nc3ccccc3c2=O)cc1. The van der Waals surface area contributed by atoms with Crippen LogP contribution >= 0.6 is 0 Å². The highest BCUT2D eigenvalue weighted by molar-refractivity contribution is 5.91. The second-order valence-electron chi connectivity index (χ2n) is 7.55. The van der Waals surface area contributed by atoms with Crippen molar-refractivity contribution in [1.82, 2.24) is 14.5 Å². The number of ether oxygens (including phenoxy) is 1. The number of hydrogen-bond acceptors (Lipinski definition) is 5. The molecule has 2 aromatic carbocycles. The lowest BCUT2D eigenvalue weighted by molar-refractivity contribution is 0.0639. The molecule has 0 bridgehead atoms. The molecule has 4 aromatic rings. The van der Waals surface area contributed by atoms with E-state index in [2.05, 4.69) is 0 Å². The van der Waals surface area contributed by atoms with Gasteiger partial charge in [0.15, 0.2) is 5.76 Å². The molecule has 7 heteroatoms. The van der Waals surface area contributed by atoms with E-state index in [1.807, 2.05) is 63.2 Å². The molecule has 33 heavy (non-hydrogen) atoms. The Bertz CT molecular complexity index is 1290. The predicted octanol–water partition coefficient (Wildman–Crippen LogP) is 4.99. The number of carbonyl (C=O) groups excluding carboxylic acids is 1. The van der Waals surface area contributed by atoms with E-state index in [9.17, 15) is 9.59 Å². The number of rotatable bonds is 8. The standard InChI is InChI=1S/C26H27N3O4/c1-4-22(28(5-2)26(31)23-12-9-17-33-23)24-27-21-11-8-7-10-20(21)25(30)29(24)18-13-15-19(16-14-18)32-6-3/h7-17,22H,4-6H2,1-3H3. The van der Waals surface area contributed by atoms with Gasteiger partial charge in [0, 0.05) is 6.54 Å². The van der Waals surface area contributed by atoms with Gasteiger partial charge >= 0.3 is 0 Å². The van der Waals surface area contributed by atoms with Crippen LogP contribution in [0.3, 0.4) is 0 Å². The molecule has 0 aliphatic carbocycles. The topological polar surface area (TPSA) is 77.6 Å². The second kappa shape index (κ2) is 9.73. The molecule has 0 saturated heterocycles. The molecule has 1 atom stereocenters. The van der Waals surface area contributed by atoms with E-state index in [1.165, 1.54) is 6.26 Å². The van der Waals surface area contributed by atoms with Crippen molar-refractivity contribution in [1.29, 1.82) is 0 Å². The first-order valence-electron chi connectivity index (χ1n) is 11.2. The minimum absolute atomic E-state index is 0.181. The van der Waals surface area contributed by atoms with Gasteiger partial charge in [0.1, 0.15) is 11.6 Å². The van der Waals surface area contributed by atoms with Crippen LogP contribution in [0.5, 0.6) is 5.75 Å². The molecular formula is C26H27N3O4. The lowest BCUT2D eigenvalue weighted by Gasteiger charge is -2.31. The van der Waals surface area contributed by atoms with Crippen molar-refractivity contribution in [3.63, 3.8) is 0 Å². The first kappa shape index (κ1) is 22.3. The fourth-order valence-corrected chi connectivity index (χ4v) is 4.07. The first-order valence-corrected chi connectivity index (χ1v) is 11.2. The number of hydrogen-bond donors (Lipinski definition) is 0. The van der Waals surface area contributed by atoms with Crippen LogP contribution in [0.4, 0.5) is 0 Å². The maximum absolute atomic E-state index is 13.7. The van der Waals surface area contributed by atoms with Crippen LogP contribution in [0.25, 0.3) is 16.6 Å². The minimum Gasteiger partial charge on any atom is -0.494 e. The molecule has 2 heterocycles. The van der Waals surface area contributed by atoms with Crippen molar-refractivity contribution >= 4 is 16.8 Å². The van der Waals surface area contributed by atoms with Crippen molar-refractivity contribution < 1.29 is 13.9 Å². The number of carbonyl (C=O) groups is 1. The van der Waals surface area contributed by atoms with Crippen molar-refractivity contribution in [3.8, 4) is 11.4 Å². The van der Waals surface area contributed by atoms with Crippen LogP contribution in [0.2, 0.25) is 0 Å². The quantitative estimate of drug-likeness (QED) is 0.382. The van der Waals surface area contributed by atoms with E-state index in [0.29, 0.717) is 42.0 Å². The van der Waals surface area contributed by atoms with Crippen molar-refractivity contribution in [3.05, 3.63) is 88.9 Å². The van der Waals surface area contributed by atoms with Crippen molar-refractivity contribution in [2.45, 2.75) is 33.2 Å². The number of fused-ring (bicyclic) bond motifs is 1. The number of benzene rings is 2. The summed E-state index contributed by atoms with van der Waals surface area (Å²) >= 11 is 0. The fraction of sp³-hybridized carbons (Fsp3) is 0.269. The van der Waals surface area contributed by atoms with Crippen LogP contribution < -0.4 is 10.3 Å². The second-order valence-corrected chi connectivity index (χ2v) is 7.55. The van der Waals surface area contributed by atoms with E-state index >= 15 is 0 Å². The Morgan fingerprint density at radius 2 is 1.82 bits per heavy atom. The summed E-state index contributed by atoms with van der Waals surface area (Å²) in [6.07, 6.45) is 2.05. The van der Waals surface area contributed by atoms with Crippen LogP contribution in [-0.2, 0) is 0 Å². The molecule has 0 fully saturated rings. The third-order valence-electron chi connectivity index (χ3n) is 5.60. The molecule has 1 amide bonds. The van der Waals surface area contributed by atoms with E-state index in [-0.39, 0.29) is 17.2 Å². The smallest absolute Gasteiger partial charge is 0.290 e. The minimum atomic E-state index is -0.434. The molecule has 0 N–H and O–H groups in total. The van der Waals surface area contributed by atoms with Gasteiger partial charge in [0.2, 0.25) is 0 Å². The number of aromatic nitrogens is 2. The normalized spacial score (nSPS) is 12.0. The monoisotopic (exact) mass is 445 g/mol. The lowest BCUT2D eigenvalue weighted by atomic mass is 10.1. The zero-order valence-corrected chi connectivity index (χ0v) is 19.0. The number of nitrogens with zero attached hydrogens (tertiary/aromatic N) is 3. The Kier molecular flexibility index (Phi) is 6.58. The highest BCUT2D eigenvalue weighted by Crippen LogP contribution is 2.28. The van der Waals surface area contributed by atoms with Gasteiger partial charge in [-0.2, -0.15) is 0 Å². The van der Waals surface area contributed by atoms with Gasteiger partial charge in [0.25, 0.3) is 11.5 Å². The highest BCUT2D eigenvalue weighted by atomic mass is 16.5. The Labute approximate surface area is 192 Å². The Morgan fingerprint density at radius 3 is 2.45 bits per heavy atom. The molecule has 7 nitrogen and oxygen atoms in total. The van der Waals surface area contributed by atoms with E-state index in [1.54, 1.807) is 27.7 Å². The summed E-state index contributed by atoms with van der Waals surface area (Å²) in [5.74, 6) is 1.24. The molecule has 170 valence electrons.